The summed E-state index contributed by atoms with van der Waals surface area (Å²) in [4.78, 5) is 4.53. The van der Waals surface area contributed by atoms with Gasteiger partial charge in [-0.05, 0) is 45.1 Å². The van der Waals surface area contributed by atoms with Crippen molar-refractivity contribution in [3.8, 4) is 0 Å². The molecule has 1 aliphatic rings. The monoisotopic (exact) mass is 417 g/mol. The van der Waals surface area contributed by atoms with Crippen molar-refractivity contribution in [1.82, 2.24) is 10.6 Å². The summed E-state index contributed by atoms with van der Waals surface area (Å²) in [6.07, 6.45) is 3.65. The average Bonchev–Trinajstić information content (AvgIpc) is 2.50. The Bertz CT molecular complexity index is 444. The number of nitrogens with zero attached hydrogens (tertiary/aromatic N) is 1. The van der Waals surface area contributed by atoms with Gasteiger partial charge in [0, 0.05) is 12.6 Å². The lowest BCUT2D eigenvalue weighted by atomic mass is 9.93. The fourth-order valence-corrected chi connectivity index (χ4v) is 2.73. The lowest BCUT2D eigenvalue weighted by Crippen LogP contribution is -2.46. The van der Waals surface area contributed by atoms with Crippen molar-refractivity contribution >= 4 is 29.9 Å². The van der Waals surface area contributed by atoms with E-state index >= 15 is 0 Å². The van der Waals surface area contributed by atoms with Crippen LogP contribution in [0, 0.1) is 0 Å². The largest absolute Gasteiger partial charge is 0.393 e. The van der Waals surface area contributed by atoms with Gasteiger partial charge in [-0.15, -0.1) is 24.0 Å². The van der Waals surface area contributed by atoms with Crippen LogP contribution in [0.2, 0.25) is 0 Å². The highest BCUT2D eigenvalue weighted by Gasteiger charge is 2.20. The molecule has 0 aromatic heterocycles. The van der Waals surface area contributed by atoms with Gasteiger partial charge in [0.25, 0.3) is 0 Å². The molecular formula is C17H28IN3O. The smallest absolute Gasteiger partial charge is 0.191 e. The molecule has 0 radical (unpaired) electrons. The zero-order valence-electron chi connectivity index (χ0n) is 13.5. The van der Waals surface area contributed by atoms with Crippen molar-refractivity contribution in [2.24, 2.45) is 4.99 Å². The van der Waals surface area contributed by atoms with Crippen LogP contribution in [0.4, 0.5) is 0 Å². The number of guanidine groups is 1. The minimum Gasteiger partial charge on any atom is -0.393 e. The Morgan fingerprint density at radius 2 is 1.86 bits per heavy atom. The predicted octanol–water partition coefficient (Wildman–Crippen LogP) is 3.22. The summed E-state index contributed by atoms with van der Waals surface area (Å²) in [7, 11) is 0. The fraction of sp³-hybridized carbons (Fsp3) is 0.588. The topological polar surface area (TPSA) is 56.7 Å². The Morgan fingerprint density at radius 3 is 2.45 bits per heavy atom. The minimum atomic E-state index is -0.120. The van der Waals surface area contributed by atoms with E-state index < -0.39 is 0 Å². The second kappa shape index (κ2) is 10.0. The SMILES string of the molecule is CCN=C(NC1CCC(O)CC1)NC(C)c1ccccc1.I. The molecule has 124 valence electrons. The van der Waals surface area contributed by atoms with E-state index in [1.165, 1.54) is 5.56 Å². The Kier molecular flexibility index (Phi) is 8.78. The van der Waals surface area contributed by atoms with Crippen molar-refractivity contribution in [1.29, 1.82) is 0 Å². The molecular weight excluding hydrogens is 389 g/mol. The van der Waals surface area contributed by atoms with Gasteiger partial charge in [0.15, 0.2) is 5.96 Å². The van der Waals surface area contributed by atoms with Gasteiger partial charge in [0.1, 0.15) is 0 Å². The van der Waals surface area contributed by atoms with Crippen molar-refractivity contribution in [2.75, 3.05) is 6.54 Å². The molecule has 1 saturated carbocycles. The Balaban J connectivity index is 0.00000242. The third-order valence-electron chi connectivity index (χ3n) is 4.01. The first-order valence-electron chi connectivity index (χ1n) is 7.99. The molecule has 1 atom stereocenters. The molecule has 0 heterocycles. The lowest BCUT2D eigenvalue weighted by Gasteiger charge is -2.29. The molecule has 0 saturated heterocycles. The van der Waals surface area contributed by atoms with E-state index in [1.807, 2.05) is 13.0 Å². The summed E-state index contributed by atoms with van der Waals surface area (Å²) in [5.41, 5.74) is 1.25. The predicted molar refractivity (Wildman–Crippen MR) is 103 cm³/mol. The zero-order valence-corrected chi connectivity index (χ0v) is 15.8. The van der Waals surface area contributed by atoms with Gasteiger partial charge >= 0.3 is 0 Å². The van der Waals surface area contributed by atoms with Gasteiger partial charge < -0.3 is 15.7 Å². The highest BCUT2D eigenvalue weighted by molar-refractivity contribution is 14.0. The summed E-state index contributed by atoms with van der Waals surface area (Å²) in [5.74, 6) is 0.871. The van der Waals surface area contributed by atoms with Gasteiger partial charge in [0.05, 0.1) is 12.1 Å². The van der Waals surface area contributed by atoms with E-state index in [-0.39, 0.29) is 36.1 Å². The zero-order chi connectivity index (χ0) is 15.1. The lowest BCUT2D eigenvalue weighted by molar-refractivity contribution is 0.120. The van der Waals surface area contributed by atoms with E-state index in [9.17, 15) is 5.11 Å². The highest BCUT2D eigenvalue weighted by atomic mass is 127. The number of aliphatic imine (C=N–C) groups is 1. The first-order valence-corrected chi connectivity index (χ1v) is 7.99. The third kappa shape index (κ3) is 6.12. The number of benzene rings is 1. The van der Waals surface area contributed by atoms with E-state index in [1.54, 1.807) is 0 Å². The normalized spacial score (nSPS) is 23.3. The molecule has 1 aromatic carbocycles. The number of aliphatic hydroxyl groups is 1. The average molecular weight is 417 g/mol. The van der Waals surface area contributed by atoms with Crippen LogP contribution in [0.1, 0.15) is 51.1 Å². The van der Waals surface area contributed by atoms with Gasteiger partial charge in [-0.1, -0.05) is 30.3 Å². The molecule has 1 aromatic rings. The summed E-state index contributed by atoms with van der Waals surface area (Å²) < 4.78 is 0. The maximum absolute atomic E-state index is 9.58. The van der Waals surface area contributed by atoms with Crippen LogP contribution in [0.5, 0.6) is 0 Å². The molecule has 1 fully saturated rings. The van der Waals surface area contributed by atoms with Crippen molar-refractivity contribution in [2.45, 2.75) is 57.7 Å². The van der Waals surface area contributed by atoms with Crippen LogP contribution in [-0.4, -0.2) is 29.8 Å². The minimum absolute atomic E-state index is 0. The number of rotatable bonds is 4. The number of hydrogen-bond donors (Lipinski definition) is 3. The van der Waals surface area contributed by atoms with Crippen LogP contribution in [0.15, 0.2) is 35.3 Å². The molecule has 1 aliphatic carbocycles. The summed E-state index contributed by atoms with van der Waals surface area (Å²) >= 11 is 0. The van der Waals surface area contributed by atoms with Crippen LogP contribution in [0.3, 0.4) is 0 Å². The Morgan fingerprint density at radius 1 is 1.23 bits per heavy atom. The summed E-state index contributed by atoms with van der Waals surface area (Å²) in [5, 5.41) is 16.6. The van der Waals surface area contributed by atoms with Crippen LogP contribution < -0.4 is 10.6 Å². The third-order valence-corrected chi connectivity index (χ3v) is 4.01. The summed E-state index contributed by atoms with van der Waals surface area (Å²) in [6.45, 7) is 4.94. The van der Waals surface area contributed by atoms with Crippen LogP contribution in [0.25, 0.3) is 0 Å². The molecule has 22 heavy (non-hydrogen) atoms. The molecule has 1 unspecified atom stereocenters. The van der Waals surface area contributed by atoms with Crippen LogP contribution >= 0.6 is 24.0 Å². The number of aliphatic hydroxyl groups excluding tert-OH is 1. The van der Waals surface area contributed by atoms with Crippen molar-refractivity contribution in [3.63, 3.8) is 0 Å². The highest BCUT2D eigenvalue weighted by Crippen LogP contribution is 2.18. The Labute approximate surface area is 150 Å². The standard InChI is InChI=1S/C17H27N3O.HI/c1-3-18-17(20-15-9-11-16(21)12-10-15)19-13(2)14-7-5-4-6-8-14;/h4-8,13,15-16,21H,3,9-12H2,1-2H3,(H2,18,19,20);1H. The van der Waals surface area contributed by atoms with Crippen molar-refractivity contribution < 1.29 is 5.11 Å². The van der Waals surface area contributed by atoms with E-state index in [0.29, 0.717) is 6.04 Å². The Hall–Kier alpha value is -0.820. The molecule has 0 spiro atoms. The molecule has 4 nitrogen and oxygen atoms in total. The van der Waals surface area contributed by atoms with Gasteiger partial charge in [-0.2, -0.15) is 0 Å². The van der Waals surface area contributed by atoms with Gasteiger partial charge in [-0.25, -0.2) is 0 Å². The second-order valence-electron chi connectivity index (χ2n) is 5.75. The maximum atomic E-state index is 9.58. The van der Waals surface area contributed by atoms with Crippen LogP contribution in [-0.2, 0) is 0 Å². The van der Waals surface area contributed by atoms with E-state index in [4.69, 9.17) is 0 Å². The first kappa shape index (κ1) is 19.2. The number of nitrogens with one attached hydrogen (secondary N) is 2. The molecule has 0 aliphatic heterocycles. The van der Waals surface area contributed by atoms with Gasteiger partial charge in [-0.3, -0.25) is 4.99 Å². The van der Waals surface area contributed by atoms with Crippen molar-refractivity contribution in [3.05, 3.63) is 35.9 Å². The van der Waals surface area contributed by atoms with E-state index in [2.05, 4.69) is 46.8 Å². The molecule has 0 amide bonds. The first-order chi connectivity index (χ1) is 10.2. The quantitative estimate of drug-likeness (QED) is 0.401. The molecule has 5 heteroatoms. The maximum Gasteiger partial charge on any atom is 0.191 e. The molecule has 0 bridgehead atoms. The molecule has 3 N–H and O–H groups in total. The van der Waals surface area contributed by atoms with Gasteiger partial charge in [0.2, 0.25) is 0 Å². The fourth-order valence-electron chi connectivity index (χ4n) is 2.73. The number of halogens is 1. The van der Waals surface area contributed by atoms with E-state index in [0.717, 1.165) is 38.2 Å². The molecule has 2 rings (SSSR count). The number of hydrogen-bond acceptors (Lipinski definition) is 2. The summed E-state index contributed by atoms with van der Waals surface area (Å²) in [6, 6.07) is 11.0. The second-order valence-corrected chi connectivity index (χ2v) is 5.75.